The number of halogens is 2. The molecule has 0 aliphatic carbocycles. The lowest BCUT2D eigenvalue weighted by Gasteiger charge is -2.35. The van der Waals surface area contributed by atoms with Crippen molar-refractivity contribution in [2.75, 3.05) is 26.2 Å². The predicted molar refractivity (Wildman–Crippen MR) is 237 cm³/mol. The summed E-state index contributed by atoms with van der Waals surface area (Å²) < 4.78 is 0. The molecule has 2 aliphatic rings. The van der Waals surface area contributed by atoms with Gasteiger partial charge >= 0.3 is 0 Å². The van der Waals surface area contributed by atoms with Crippen LogP contribution >= 0.6 is 34.0 Å². The van der Waals surface area contributed by atoms with Crippen LogP contribution in [0.5, 0.6) is 0 Å². The quantitative estimate of drug-likeness (QED) is 0.112. The van der Waals surface area contributed by atoms with E-state index < -0.39 is 0 Å². The van der Waals surface area contributed by atoms with Crippen LogP contribution in [-0.2, 0) is 48.9 Å². The van der Waals surface area contributed by atoms with Crippen LogP contribution in [0.15, 0.2) is 146 Å². The van der Waals surface area contributed by atoms with Crippen molar-refractivity contribution in [2.24, 2.45) is 11.8 Å². The maximum atomic E-state index is 14.1. The topological polar surface area (TPSA) is 47.1 Å². The van der Waals surface area contributed by atoms with Gasteiger partial charge in [-0.2, -0.15) is 0 Å². The van der Waals surface area contributed by atoms with Gasteiger partial charge in [-0.05, 0) is 72.2 Å². The second-order valence-electron chi connectivity index (χ2n) is 15.3. The highest BCUT2D eigenvalue weighted by Gasteiger charge is 2.31. The van der Waals surface area contributed by atoms with E-state index >= 15 is 0 Å². The SMILES string of the molecule is Br.Br.O=C(C1CCCN(Cc2ccc(CN3CCCC(C(=O)N(Cc4ccccc4)Cc4ccccc4)C3)cc2)C1)N(Cc1ccccc1)Cc1ccccc1. The van der Waals surface area contributed by atoms with Crippen molar-refractivity contribution in [1.82, 2.24) is 19.6 Å². The standard InChI is InChI=1S/C48H54N4O2.2BrH/c53-47(51(33-39-15-5-1-6-16-39)34-40-17-7-2-8-18-40)45-23-13-29-49(37-45)31-43-25-27-44(28-26-43)32-50-30-14-24-46(38-50)48(54)52(35-41-19-9-3-10-20-41)36-42-21-11-4-12-22-42;;/h1-12,15-22,25-28,45-46H,13-14,23-24,29-38H2;2*1H. The van der Waals surface area contributed by atoms with Crippen LogP contribution in [-0.4, -0.2) is 57.6 Å². The Kier molecular flexibility index (Phi) is 16.9. The van der Waals surface area contributed by atoms with E-state index in [2.05, 4.69) is 92.4 Å². The van der Waals surface area contributed by atoms with E-state index in [0.717, 1.165) is 87.2 Å². The first-order valence-electron chi connectivity index (χ1n) is 19.8. The molecular weight excluding hydrogens is 824 g/mol. The molecule has 0 spiro atoms. The molecule has 8 heteroatoms. The Balaban J connectivity index is 0.00000300. The Morgan fingerprint density at radius 2 is 0.714 bits per heavy atom. The summed E-state index contributed by atoms with van der Waals surface area (Å²) in [6, 6.07) is 50.4. The fourth-order valence-corrected chi connectivity index (χ4v) is 8.22. The van der Waals surface area contributed by atoms with Crippen LogP contribution in [0.3, 0.4) is 0 Å². The van der Waals surface area contributed by atoms with Crippen molar-refractivity contribution in [1.29, 1.82) is 0 Å². The van der Waals surface area contributed by atoms with Gasteiger partial charge in [0.25, 0.3) is 0 Å². The third-order valence-corrected chi connectivity index (χ3v) is 11.0. The first-order chi connectivity index (χ1) is 26.6. The molecule has 0 bridgehead atoms. The van der Waals surface area contributed by atoms with Gasteiger partial charge < -0.3 is 9.80 Å². The number of hydrogen-bond acceptors (Lipinski definition) is 4. The minimum atomic E-state index is -0.00323. The zero-order valence-electron chi connectivity index (χ0n) is 32.3. The molecule has 5 aromatic rings. The van der Waals surface area contributed by atoms with Gasteiger partial charge in [0.1, 0.15) is 0 Å². The molecule has 2 unspecified atom stereocenters. The first-order valence-corrected chi connectivity index (χ1v) is 19.8. The first kappa shape index (κ1) is 43.1. The fourth-order valence-electron chi connectivity index (χ4n) is 8.22. The summed E-state index contributed by atoms with van der Waals surface area (Å²) in [6.07, 6.45) is 3.93. The molecule has 0 saturated carbocycles. The summed E-state index contributed by atoms with van der Waals surface area (Å²) in [5.41, 5.74) is 7.20. The Morgan fingerprint density at radius 1 is 0.429 bits per heavy atom. The van der Waals surface area contributed by atoms with Gasteiger partial charge in [0.15, 0.2) is 0 Å². The van der Waals surface area contributed by atoms with Crippen LogP contribution in [0.1, 0.15) is 59.1 Å². The molecule has 6 nitrogen and oxygen atoms in total. The molecule has 2 atom stereocenters. The molecule has 2 aliphatic heterocycles. The van der Waals surface area contributed by atoms with Crippen molar-refractivity contribution < 1.29 is 9.59 Å². The van der Waals surface area contributed by atoms with E-state index in [1.165, 1.54) is 11.1 Å². The van der Waals surface area contributed by atoms with E-state index in [0.29, 0.717) is 26.2 Å². The molecule has 294 valence electrons. The number of benzene rings is 5. The minimum Gasteiger partial charge on any atom is -0.334 e. The Morgan fingerprint density at radius 3 is 1.00 bits per heavy atom. The monoisotopic (exact) mass is 878 g/mol. The molecule has 2 heterocycles. The normalized spacial score (nSPS) is 17.2. The van der Waals surface area contributed by atoms with Gasteiger partial charge in [-0.15, -0.1) is 34.0 Å². The van der Waals surface area contributed by atoms with Gasteiger partial charge in [0.05, 0.1) is 11.8 Å². The number of carbonyl (C=O) groups excluding carboxylic acids is 2. The molecule has 7 rings (SSSR count). The number of rotatable bonds is 14. The summed E-state index contributed by atoms with van der Waals surface area (Å²) in [5.74, 6) is 0.502. The van der Waals surface area contributed by atoms with Crippen molar-refractivity contribution in [2.45, 2.75) is 65.0 Å². The molecule has 0 N–H and O–H groups in total. The third-order valence-electron chi connectivity index (χ3n) is 11.0. The number of nitrogens with zero attached hydrogens (tertiary/aromatic N) is 4. The van der Waals surface area contributed by atoms with Crippen molar-refractivity contribution in [3.63, 3.8) is 0 Å². The largest absolute Gasteiger partial charge is 0.334 e. The number of likely N-dealkylation sites (tertiary alicyclic amines) is 2. The summed E-state index contributed by atoms with van der Waals surface area (Å²) >= 11 is 0. The zero-order chi connectivity index (χ0) is 37.0. The van der Waals surface area contributed by atoms with Crippen molar-refractivity contribution in [3.05, 3.63) is 179 Å². The minimum absolute atomic E-state index is 0. The lowest BCUT2D eigenvalue weighted by atomic mass is 9.95. The van der Waals surface area contributed by atoms with Crippen molar-refractivity contribution in [3.8, 4) is 0 Å². The van der Waals surface area contributed by atoms with Crippen LogP contribution in [0, 0.1) is 11.8 Å². The average molecular weight is 881 g/mol. The number of hydrogen-bond donors (Lipinski definition) is 0. The summed E-state index contributed by atoms with van der Waals surface area (Å²) in [6.45, 7) is 7.78. The van der Waals surface area contributed by atoms with E-state index in [1.807, 2.05) is 72.8 Å². The second-order valence-corrected chi connectivity index (χ2v) is 15.3. The molecule has 56 heavy (non-hydrogen) atoms. The lowest BCUT2D eigenvalue weighted by Crippen LogP contribution is -2.44. The summed E-state index contributed by atoms with van der Waals surface area (Å²) in [7, 11) is 0. The van der Waals surface area contributed by atoms with Crippen LogP contribution < -0.4 is 0 Å². The van der Waals surface area contributed by atoms with Gasteiger partial charge in [0, 0.05) is 52.4 Å². The summed E-state index contributed by atoms with van der Waals surface area (Å²) in [4.78, 5) is 37.2. The summed E-state index contributed by atoms with van der Waals surface area (Å²) in [5, 5.41) is 0. The zero-order valence-corrected chi connectivity index (χ0v) is 35.8. The molecule has 5 aromatic carbocycles. The maximum Gasteiger partial charge on any atom is 0.227 e. The Bertz CT molecular complexity index is 1680. The van der Waals surface area contributed by atoms with E-state index in [9.17, 15) is 9.59 Å². The van der Waals surface area contributed by atoms with E-state index in [4.69, 9.17) is 0 Å². The van der Waals surface area contributed by atoms with Gasteiger partial charge in [-0.1, -0.05) is 146 Å². The lowest BCUT2D eigenvalue weighted by molar-refractivity contribution is -0.139. The number of amides is 2. The van der Waals surface area contributed by atoms with Crippen LogP contribution in [0.4, 0.5) is 0 Å². The Hall–Kier alpha value is -4.08. The van der Waals surface area contributed by atoms with Crippen LogP contribution in [0.2, 0.25) is 0 Å². The second kappa shape index (κ2) is 22.0. The van der Waals surface area contributed by atoms with E-state index in [-0.39, 0.29) is 57.6 Å². The van der Waals surface area contributed by atoms with Gasteiger partial charge in [-0.3, -0.25) is 19.4 Å². The van der Waals surface area contributed by atoms with Crippen molar-refractivity contribution >= 4 is 45.8 Å². The predicted octanol–water partition coefficient (Wildman–Crippen LogP) is 9.72. The molecular formula is C48H56Br2N4O2. The van der Waals surface area contributed by atoms with Gasteiger partial charge in [-0.25, -0.2) is 0 Å². The number of carbonyl (C=O) groups is 2. The highest BCUT2D eigenvalue weighted by Crippen LogP contribution is 2.25. The Labute approximate surface area is 355 Å². The number of piperidine rings is 2. The molecule has 0 aromatic heterocycles. The van der Waals surface area contributed by atoms with Crippen LogP contribution in [0.25, 0.3) is 0 Å². The third kappa shape index (κ3) is 12.5. The highest BCUT2D eigenvalue weighted by atomic mass is 79.9. The smallest absolute Gasteiger partial charge is 0.227 e. The fraction of sp³-hybridized carbons (Fsp3) is 0.333. The van der Waals surface area contributed by atoms with E-state index in [1.54, 1.807) is 0 Å². The highest BCUT2D eigenvalue weighted by molar-refractivity contribution is 8.93. The molecule has 2 fully saturated rings. The maximum absolute atomic E-state index is 14.1. The molecule has 2 saturated heterocycles. The molecule has 0 radical (unpaired) electrons. The molecule has 2 amide bonds. The van der Waals surface area contributed by atoms with Gasteiger partial charge in [0.2, 0.25) is 11.8 Å². The average Bonchev–Trinajstić information content (AvgIpc) is 3.22.